The van der Waals surface area contributed by atoms with Crippen LogP contribution in [0.4, 0.5) is 0 Å². The van der Waals surface area contributed by atoms with Crippen molar-refractivity contribution in [1.29, 1.82) is 0 Å². The zero-order chi connectivity index (χ0) is 15.7. The summed E-state index contributed by atoms with van der Waals surface area (Å²) >= 11 is 0. The zero-order valence-electron chi connectivity index (χ0n) is 12.3. The van der Waals surface area contributed by atoms with Gasteiger partial charge in [0.15, 0.2) is 5.92 Å². The van der Waals surface area contributed by atoms with Gasteiger partial charge in [-0.2, -0.15) is 0 Å². The number of carbonyl (C=O) groups is 3. The van der Waals surface area contributed by atoms with Crippen molar-refractivity contribution in [3.63, 3.8) is 0 Å². The second-order valence-corrected chi connectivity index (χ2v) is 4.64. The van der Waals surface area contributed by atoms with E-state index in [-0.39, 0.29) is 31.8 Å². The molecule has 0 spiro atoms. The van der Waals surface area contributed by atoms with E-state index in [9.17, 15) is 14.4 Å². The molecule has 1 unspecified atom stereocenters. The van der Waals surface area contributed by atoms with Gasteiger partial charge >= 0.3 is 11.9 Å². The molecule has 0 fully saturated rings. The first kappa shape index (κ1) is 16.9. The molecule has 1 aromatic carbocycles. The molecular formula is C16H20O5. The lowest BCUT2D eigenvalue weighted by Gasteiger charge is -2.14. The zero-order valence-corrected chi connectivity index (χ0v) is 12.3. The van der Waals surface area contributed by atoms with Crippen molar-refractivity contribution in [2.45, 2.75) is 33.3 Å². The number of rotatable bonds is 8. The Bertz CT molecular complexity index is 481. The topological polar surface area (TPSA) is 69.7 Å². The highest BCUT2D eigenvalue weighted by Gasteiger charge is 2.29. The van der Waals surface area contributed by atoms with Gasteiger partial charge in [-0.15, -0.1) is 0 Å². The van der Waals surface area contributed by atoms with Crippen LogP contribution >= 0.6 is 0 Å². The van der Waals surface area contributed by atoms with Gasteiger partial charge in [0.25, 0.3) is 0 Å². The van der Waals surface area contributed by atoms with E-state index in [1.54, 1.807) is 6.92 Å². The highest BCUT2D eigenvalue weighted by Crippen LogP contribution is 2.13. The number of ketones is 1. The molecule has 0 amide bonds. The van der Waals surface area contributed by atoms with Gasteiger partial charge in [0.2, 0.25) is 0 Å². The molecule has 0 radical (unpaired) electrons. The normalized spacial score (nSPS) is 11.5. The molecule has 0 aliphatic heterocycles. The summed E-state index contributed by atoms with van der Waals surface area (Å²) in [7, 11) is 0. The molecule has 0 saturated carbocycles. The Morgan fingerprint density at radius 3 is 2.24 bits per heavy atom. The maximum Gasteiger partial charge on any atom is 0.320 e. The summed E-state index contributed by atoms with van der Waals surface area (Å²) in [5.41, 5.74) is 0.833. The minimum atomic E-state index is -1.04. The van der Waals surface area contributed by atoms with Crippen LogP contribution in [0.1, 0.15) is 32.3 Å². The summed E-state index contributed by atoms with van der Waals surface area (Å²) in [6.45, 7) is 3.35. The number of ether oxygens (including phenoxy) is 2. The Morgan fingerprint density at radius 1 is 1.05 bits per heavy atom. The van der Waals surface area contributed by atoms with E-state index >= 15 is 0 Å². The van der Waals surface area contributed by atoms with Crippen LogP contribution in [0.25, 0.3) is 0 Å². The molecule has 5 heteroatoms. The molecule has 0 saturated heterocycles. The molecule has 5 nitrogen and oxygen atoms in total. The van der Waals surface area contributed by atoms with Crippen LogP contribution in [0.2, 0.25) is 0 Å². The second kappa shape index (κ2) is 8.89. The van der Waals surface area contributed by atoms with Crippen LogP contribution in [0.3, 0.4) is 0 Å². The van der Waals surface area contributed by atoms with Gasteiger partial charge in [-0.05, 0) is 25.8 Å². The number of esters is 2. The maximum absolute atomic E-state index is 12.0. The summed E-state index contributed by atoms with van der Waals surface area (Å²) in [6, 6.07) is 9.17. The van der Waals surface area contributed by atoms with Gasteiger partial charge in [-0.1, -0.05) is 30.3 Å². The van der Waals surface area contributed by atoms with Crippen LogP contribution in [-0.4, -0.2) is 24.3 Å². The van der Waals surface area contributed by atoms with Crippen molar-refractivity contribution in [1.82, 2.24) is 0 Å². The number of hydrogen-bond donors (Lipinski definition) is 0. The summed E-state index contributed by atoms with van der Waals surface area (Å²) in [6.07, 6.45) is 0.256. The van der Waals surface area contributed by atoms with Crippen molar-refractivity contribution in [3.05, 3.63) is 35.9 Å². The molecule has 0 aliphatic carbocycles. The molecule has 21 heavy (non-hydrogen) atoms. The molecule has 1 rings (SSSR count). The summed E-state index contributed by atoms with van der Waals surface area (Å²) in [5.74, 6) is -2.42. The maximum atomic E-state index is 12.0. The third-order valence-corrected chi connectivity index (χ3v) is 2.86. The van der Waals surface area contributed by atoms with Gasteiger partial charge in [-0.3, -0.25) is 9.59 Å². The first-order valence-electron chi connectivity index (χ1n) is 6.91. The van der Waals surface area contributed by atoms with E-state index in [1.165, 1.54) is 6.92 Å². The Labute approximate surface area is 124 Å². The summed E-state index contributed by atoms with van der Waals surface area (Å²) in [4.78, 5) is 34.8. The van der Waals surface area contributed by atoms with Crippen LogP contribution in [0.15, 0.2) is 30.3 Å². The van der Waals surface area contributed by atoms with Gasteiger partial charge in [0, 0.05) is 6.42 Å². The van der Waals surface area contributed by atoms with E-state index < -0.39 is 17.9 Å². The average Bonchev–Trinajstić information content (AvgIpc) is 2.46. The monoisotopic (exact) mass is 292 g/mol. The van der Waals surface area contributed by atoms with Crippen molar-refractivity contribution in [2.75, 3.05) is 6.61 Å². The fraction of sp³-hybridized carbons (Fsp3) is 0.438. The van der Waals surface area contributed by atoms with Crippen LogP contribution in [0, 0.1) is 5.92 Å². The third-order valence-electron chi connectivity index (χ3n) is 2.86. The Morgan fingerprint density at radius 2 is 1.67 bits per heavy atom. The lowest BCUT2D eigenvalue weighted by molar-refractivity contribution is -0.163. The van der Waals surface area contributed by atoms with E-state index in [1.807, 2.05) is 30.3 Å². The molecule has 0 aromatic heterocycles. The van der Waals surface area contributed by atoms with Crippen LogP contribution < -0.4 is 0 Å². The van der Waals surface area contributed by atoms with E-state index in [4.69, 9.17) is 9.47 Å². The number of Topliss-reactive ketones (excluding diaryl/α,β-unsaturated/α-hetero) is 1. The Hall–Kier alpha value is -2.17. The predicted molar refractivity (Wildman–Crippen MR) is 76.3 cm³/mol. The minimum absolute atomic E-state index is 0.0832. The fourth-order valence-corrected chi connectivity index (χ4v) is 1.75. The van der Waals surface area contributed by atoms with E-state index in [0.29, 0.717) is 0 Å². The highest BCUT2D eigenvalue weighted by molar-refractivity contribution is 5.95. The first-order chi connectivity index (χ1) is 10.0. The molecule has 114 valence electrons. The summed E-state index contributed by atoms with van der Waals surface area (Å²) < 4.78 is 10.00. The van der Waals surface area contributed by atoms with Crippen molar-refractivity contribution >= 4 is 17.7 Å². The molecule has 0 heterocycles. The largest absolute Gasteiger partial charge is 0.465 e. The fourth-order valence-electron chi connectivity index (χ4n) is 1.75. The predicted octanol–water partition coefficient (Wildman–Crippen LogP) is 2.28. The van der Waals surface area contributed by atoms with Gasteiger partial charge < -0.3 is 14.3 Å². The number of hydrogen-bond acceptors (Lipinski definition) is 5. The molecular weight excluding hydrogens is 272 g/mol. The lowest BCUT2D eigenvalue weighted by atomic mass is 10.0. The van der Waals surface area contributed by atoms with Crippen molar-refractivity contribution in [2.24, 2.45) is 5.92 Å². The van der Waals surface area contributed by atoms with Crippen LogP contribution in [0.5, 0.6) is 0 Å². The van der Waals surface area contributed by atoms with Crippen molar-refractivity contribution in [3.8, 4) is 0 Å². The quantitative estimate of drug-likeness (QED) is 0.543. The van der Waals surface area contributed by atoms with Gasteiger partial charge in [0.05, 0.1) is 6.61 Å². The van der Waals surface area contributed by atoms with E-state index in [0.717, 1.165) is 5.56 Å². The molecule has 1 aromatic rings. The second-order valence-electron chi connectivity index (χ2n) is 4.64. The Balaban J connectivity index is 2.61. The molecule has 0 aliphatic rings. The van der Waals surface area contributed by atoms with Crippen LogP contribution in [-0.2, 0) is 30.5 Å². The number of benzene rings is 1. The minimum Gasteiger partial charge on any atom is -0.465 e. The van der Waals surface area contributed by atoms with E-state index in [2.05, 4.69) is 0 Å². The smallest absolute Gasteiger partial charge is 0.320 e. The number of carbonyl (C=O) groups excluding carboxylic acids is 3. The lowest BCUT2D eigenvalue weighted by Crippen LogP contribution is -2.28. The highest BCUT2D eigenvalue weighted by atomic mass is 16.6. The van der Waals surface area contributed by atoms with Gasteiger partial charge in [0.1, 0.15) is 12.4 Å². The SMILES string of the molecule is CCOC(=O)C(CCC(C)=O)C(=O)OCc1ccccc1. The third kappa shape index (κ3) is 6.21. The standard InChI is InChI=1S/C16H20O5/c1-3-20-15(18)14(10-9-12(2)17)16(19)21-11-13-7-5-4-6-8-13/h4-8,14H,3,9-11H2,1-2H3. The van der Waals surface area contributed by atoms with Gasteiger partial charge in [-0.25, -0.2) is 0 Å². The summed E-state index contributed by atoms with van der Waals surface area (Å²) in [5, 5.41) is 0. The first-order valence-corrected chi connectivity index (χ1v) is 6.91. The molecule has 0 bridgehead atoms. The average molecular weight is 292 g/mol. The Kier molecular flexibility index (Phi) is 7.15. The molecule has 0 N–H and O–H groups in total. The van der Waals surface area contributed by atoms with Crippen molar-refractivity contribution < 1.29 is 23.9 Å². The molecule has 1 atom stereocenters.